The molecule has 0 aromatic heterocycles. The summed E-state index contributed by atoms with van der Waals surface area (Å²) in [5, 5.41) is 12.3. The molecule has 6 heteroatoms. The van der Waals surface area contributed by atoms with E-state index in [1.807, 2.05) is 30.3 Å². The fourth-order valence-electron chi connectivity index (χ4n) is 1.96. The summed E-state index contributed by atoms with van der Waals surface area (Å²) in [4.78, 5) is 23.3. The van der Waals surface area contributed by atoms with Crippen LogP contribution < -0.4 is 11.1 Å². The molecule has 1 rings (SSSR count). The van der Waals surface area contributed by atoms with Crippen LogP contribution in [0.4, 0.5) is 0 Å². The van der Waals surface area contributed by atoms with Crippen molar-refractivity contribution in [2.75, 3.05) is 6.61 Å². The third-order valence-electron chi connectivity index (χ3n) is 3.28. The third kappa shape index (κ3) is 5.83. The van der Waals surface area contributed by atoms with Crippen LogP contribution in [0.15, 0.2) is 30.3 Å². The average Bonchev–Trinajstić information content (AvgIpc) is 2.52. The normalized spacial score (nSPS) is 14.7. The molecule has 122 valence electrons. The number of aliphatic hydroxyl groups excluding tert-OH is 1. The Bertz CT molecular complexity index is 478. The molecule has 0 saturated carbocycles. The van der Waals surface area contributed by atoms with Crippen molar-refractivity contribution in [1.29, 1.82) is 0 Å². The molecule has 4 N–H and O–H groups in total. The van der Waals surface area contributed by atoms with Gasteiger partial charge in [-0.15, -0.1) is 0 Å². The van der Waals surface area contributed by atoms with Crippen LogP contribution in [0.1, 0.15) is 25.8 Å². The quantitative estimate of drug-likeness (QED) is 0.602. The van der Waals surface area contributed by atoms with Gasteiger partial charge in [-0.3, -0.25) is 4.79 Å². The SMILES string of the molecule is CCOC(=O)[C@H](C)NC(=O)C(O)[C@H](N)CCc1ccccc1. The van der Waals surface area contributed by atoms with E-state index in [-0.39, 0.29) is 6.61 Å². The van der Waals surface area contributed by atoms with Crippen molar-refractivity contribution in [2.24, 2.45) is 5.73 Å². The molecule has 1 aromatic carbocycles. The minimum absolute atomic E-state index is 0.234. The lowest BCUT2D eigenvalue weighted by atomic mass is 10.0. The maximum absolute atomic E-state index is 11.9. The van der Waals surface area contributed by atoms with Crippen molar-refractivity contribution < 1.29 is 19.4 Å². The first-order chi connectivity index (χ1) is 10.5. The van der Waals surface area contributed by atoms with Crippen LogP contribution in [-0.4, -0.2) is 41.8 Å². The number of rotatable bonds is 8. The Hall–Kier alpha value is -1.92. The van der Waals surface area contributed by atoms with Crippen LogP contribution in [0.3, 0.4) is 0 Å². The summed E-state index contributed by atoms with van der Waals surface area (Å²) < 4.78 is 4.78. The molecule has 0 fully saturated rings. The Morgan fingerprint density at radius 3 is 2.55 bits per heavy atom. The zero-order valence-electron chi connectivity index (χ0n) is 13.0. The first-order valence-corrected chi connectivity index (χ1v) is 7.40. The third-order valence-corrected chi connectivity index (χ3v) is 3.28. The van der Waals surface area contributed by atoms with Crippen molar-refractivity contribution in [3.8, 4) is 0 Å². The zero-order valence-corrected chi connectivity index (χ0v) is 13.0. The lowest BCUT2D eigenvalue weighted by Gasteiger charge is -2.20. The molecule has 0 bridgehead atoms. The van der Waals surface area contributed by atoms with E-state index in [4.69, 9.17) is 10.5 Å². The number of aryl methyl sites for hydroxylation is 1. The Morgan fingerprint density at radius 2 is 1.95 bits per heavy atom. The van der Waals surface area contributed by atoms with E-state index in [1.165, 1.54) is 6.92 Å². The molecule has 3 atom stereocenters. The lowest BCUT2D eigenvalue weighted by Crippen LogP contribution is -2.50. The zero-order chi connectivity index (χ0) is 16.5. The summed E-state index contributed by atoms with van der Waals surface area (Å²) >= 11 is 0. The molecule has 0 saturated heterocycles. The van der Waals surface area contributed by atoms with E-state index in [2.05, 4.69) is 5.32 Å². The largest absolute Gasteiger partial charge is 0.464 e. The van der Waals surface area contributed by atoms with Crippen LogP contribution in [0.5, 0.6) is 0 Å². The molecular formula is C16H24N2O4. The Morgan fingerprint density at radius 1 is 1.32 bits per heavy atom. The standard InChI is InChI=1S/C16H24N2O4/c1-3-22-16(21)11(2)18-15(20)14(19)13(17)10-9-12-7-5-4-6-8-12/h4-8,11,13-14,19H,3,9-10,17H2,1-2H3,(H,18,20)/t11-,13+,14?/m0/s1. The number of carbonyl (C=O) groups is 2. The van der Waals surface area contributed by atoms with Gasteiger partial charge in [-0.25, -0.2) is 4.79 Å². The molecule has 0 aliphatic heterocycles. The molecule has 1 aromatic rings. The maximum atomic E-state index is 11.9. The fourth-order valence-corrected chi connectivity index (χ4v) is 1.96. The van der Waals surface area contributed by atoms with Crippen LogP contribution in [0.2, 0.25) is 0 Å². The Balaban J connectivity index is 2.43. The molecule has 1 unspecified atom stereocenters. The highest BCUT2D eigenvalue weighted by atomic mass is 16.5. The molecule has 0 aliphatic rings. The second kappa shape index (κ2) is 9.17. The minimum atomic E-state index is -1.36. The summed E-state index contributed by atoms with van der Waals surface area (Å²) in [5.41, 5.74) is 6.94. The Kier molecular flexibility index (Phi) is 7.56. The monoisotopic (exact) mass is 308 g/mol. The highest BCUT2D eigenvalue weighted by molar-refractivity contribution is 5.87. The molecule has 1 amide bonds. The lowest BCUT2D eigenvalue weighted by molar-refractivity contribution is -0.148. The van der Waals surface area contributed by atoms with E-state index in [1.54, 1.807) is 6.92 Å². The smallest absolute Gasteiger partial charge is 0.328 e. The van der Waals surface area contributed by atoms with E-state index in [9.17, 15) is 14.7 Å². The van der Waals surface area contributed by atoms with Gasteiger partial charge in [-0.1, -0.05) is 30.3 Å². The average molecular weight is 308 g/mol. The molecule has 0 aliphatic carbocycles. The van der Waals surface area contributed by atoms with E-state index < -0.39 is 30.1 Å². The van der Waals surface area contributed by atoms with Gasteiger partial charge in [0.15, 0.2) is 0 Å². The first-order valence-electron chi connectivity index (χ1n) is 7.40. The van der Waals surface area contributed by atoms with Gasteiger partial charge in [-0.05, 0) is 32.3 Å². The van der Waals surface area contributed by atoms with Gasteiger partial charge in [0.1, 0.15) is 12.1 Å². The van der Waals surface area contributed by atoms with Gasteiger partial charge in [0.25, 0.3) is 5.91 Å². The molecule has 0 radical (unpaired) electrons. The Labute approximate surface area is 130 Å². The molecule has 0 spiro atoms. The number of nitrogens with two attached hydrogens (primary N) is 1. The minimum Gasteiger partial charge on any atom is -0.464 e. The van der Waals surface area contributed by atoms with Gasteiger partial charge in [0.05, 0.1) is 6.61 Å². The van der Waals surface area contributed by atoms with Crippen LogP contribution in [-0.2, 0) is 20.7 Å². The van der Waals surface area contributed by atoms with Crippen LogP contribution in [0.25, 0.3) is 0 Å². The van der Waals surface area contributed by atoms with Gasteiger partial charge in [-0.2, -0.15) is 0 Å². The molecule has 6 nitrogen and oxygen atoms in total. The van der Waals surface area contributed by atoms with E-state index in [0.717, 1.165) is 5.56 Å². The fraction of sp³-hybridized carbons (Fsp3) is 0.500. The van der Waals surface area contributed by atoms with Crippen molar-refractivity contribution in [3.63, 3.8) is 0 Å². The second-order valence-corrected chi connectivity index (χ2v) is 5.12. The van der Waals surface area contributed by atoms with Crippen molar-refractivity contribution in [2.45, 2.75) is 44.9 Å². The highest BCUT2D eigenvalue weighted by Gasteiger charge is 2.26. The number of ether oxygens (including phenoxy) is 1. The maximum Gasteiger partial charge on any atom is 0.328 e. The number of nitrogens with one attached hydrogen (secondary N) is 1. The molecular weight excluding hydrogens is 284 g/mol. The number of benzene rings is 1. The van der Waals surface area contributed by atoms with Crippen molar-refractivity contribution in [3.05, 3.63) is 35.9 Å². The van der Waals surface area contributed by atoms with Gasteiger partial charge in [0.2, 0.25) is 0 Å². The summed E-state index contributed by atoms with van der Waals surface area (Å²) in [6.07, 6.45) is -0.229. The number of hydrogen-bond donors (Lipinski definition) is 3. The summed E-state index contributed by atoms with van der Waals surface area (Å²) in [6.45, 7) is 3.41. The summed E-state index contributed by atoms with van der Waals surface area (Å²) in [6, 6.07) is 8.17. The van der Waals surface area contributed by atoms with Gasteiger partial charge in [0, 0.05) is 6.04 Å². The summed E-state index contributed by atoms with van der Waals surface area (Å²) in [7, 11) is 0. The number of aliphatic hydroxyl groups is 1. The predicted molar refractivity (Wildman–Crippen MR) is 83.0 cm³/mol. The predicted octanol–water partition coefficient (Wildman–Crippen LogP) is 0.375. The van der Waals surface area contributed by atoms with Gasteiger partial charge >= 0.3 is 5.97 Å². The topological polar surface area (TPSA) is 102 Å². The summed E-state index contributed by atoms with van der Waals surface area (Å²) in [5.74, 6) is -1.21. The van der Waals surface area contributed by atoms with Crippen LogP contribution in [0, 0.1) is 0 Å². The first kappa shape index (κ1) is 18.1. The van der Waals surface area contributed by atoms with E-state index in [0.29, 0.717) is 12.8 Å². The number of amides is 1. The van der Waals surface area contributed by atoms with Crippen molar-refractivity contribution >= 4 is 11.9 Å². The van der Waals surface area contributed by atoms with E-state index >= 15 is 0 Å². The highest BCUT2D eigenvalue weighted by Crippen LogP contribution is 2.06. The van der Waals surface area contributed by atoms with Crippen LogP contribution >= 0.6 is 0 Å². The number of hydrogen-bond acceptors (Lipinski definition) is 5. The van der Waals surface area contributed by atoms with Crippen molar-refractivity contribution in [1.82, 2.24) is 5.32 Å². The molecule has 22 heavy (non-hydrogen) atoms. The number of carbonyl (C=O) groups excluding carboxylic acids is 2. The molecule has 0 heterocycles. The second-order valence-electron chi connectivity index (χ2n) is 5.12. The van der Waals surface area contributed by atoms with Gasteiger partial charge < -0.3 is 20.9 Å². The number of esters is 1.